The Kier molecular flexibility index (Phi) is 2.91. The SMILES string of the molecule is CC12NNC(=O)C1=NC/C2=C\c1cccc(C(F)(F)F)c1. The molecule has 0 aliphatic carbocycles. The van der Waals surface area contributed by atoms with Gasteiger partial charge in [-0.05, 0) is 30.2 Å². The van der Waals surface area contributed by atoms with Gasteiger partial charge in [0.25, 0.3) is 5.91 Å². The highest BCUT2D eigenvalue weighted by Crippen LogP contribution is 2.32. The van der Waals surface area contributed by atoms with E-state index in [1.807, 2.05) is 0 Å². The summed E-state index contributed by atoms with van der Waals surface area (Å²) in [5.41, 5.74) is 5.39. The molecule has 1 aromatic carbocycles. The van der Waals surface area contributed by atoms with Crippen molar-refractivity contribution in [1.82, 2.24) is 10.9 Å². The van der Waals surface area contributed by atoms with Crippen LogP contribution in [0, 0.1) is 0 Å². The van der Waals surface area contributed by atoms with Crippen molar-refractivity contribution in [3.8, 4) is 0 Å². The quantitative estimate of drug-likeness (QED) is 0.832. The van der Waals surface area contributed by atoms with Gasteiger partial charge in [0.1, 0.15) is 11.3 Å². The highest BCUT2D eigenvalue weighted by molar-refractivity contribution is 6.45. The normalized spacial score (nSPS) is 26.8. The smallest absolute Gasteiger partial charge is 0.285 e. The summed E-state index contributed by atoms with van der Waals surface area (Å²) >= 11 is 0. The second-order valence-electron chi connectivity index (χ2n) is 5.16. The van der Waals surface area contributed by atoms with Gasteiger partial charge in [-0.2, -0.15) is 13.2 Å². The number of nitrogens with one attached hydrogen (secondary N) is 2. The maximum absolute atomic E-state index is 12.7. The van der Waals surface area contributed by atoms with Gasteiger partial charge in [-0.25, -0.2) is 5.43 Å². The predicted octanol–water partition coefficient (Wildman–Crippen LogP) is 1.94. The Labute approximate surface area is 118 Å². The first-order chi connectivity index (χ1) is 9.80. The Morgan fingerprint density at radius 2 is 2.14 bits per heavy atom. The van der Waals surface area contributed by atoms with Crippen LogP contribution in [0.4, 0.5) is 13.2 Å². The number of benzene rings is 1. The van der Waals surface area contributed by atoms with Crippen LogP contribution in [0.1, 0.15) is 18.1 Å². The molecular formula is C14H12F3N3O. The third-order valence-electron chi connectivity index (χ3n) is 3.72. The van der Waals surface area contributed by atoms with Crippen molar-refractivity contribution in [3.05, 3.63) is 41.0 Å². The lowest BCUT2D eigenvalue weighted by Crippen LogP contribution is -2.44. The molecule has 0 radical (unpaired) electrons. The fourth-order valence-corrected chi connectivity index (χ4v) is 2.51. The maximum Gasteiger partial charge on any atom is 0.416 e. The first-order valence-corrected chi connectivity index (χ1v) is 6.31. The van der Waals surface area contributed by atoms with Crippen molar-refractivity contribution in [2.45, 2.75) is 18.6 Å². The number of alkyl halides is 3. The molecule has 1 saturated heterocycles. The van der Waals surface area contributed by atoms with E-state index < -0.39 is 17.3 Å². The fourth-order valence-electron chi connectivity index (χ4n) is 2.51. The van der Waals surface area contributed by atoms with E-state index in [1.54, 1.807) is 19.1 Å². The highest BCUT2D eigenvalue weighted by Gasteiger charge is 2.47. The Balaban J connectivity index is 1.96. The Morgan fingerprint density at radius 1 is 1.38 bits per heavy atom. The molecule has 0 saturated carbocycles. The number of halogens is 3. The van der Waals surface area contributed by atoms with E-state index in [1.165, 1.54) is 6.07 Å². The Hall–Kier alpha value is -2.15. The molecule has 1 amide bonds. The highest BCUT2D eigenvalue weighted by atomic mass is 19.4. The summed E-state index contributed by atoms with van der Waals surface area (Å²) in [6, 6.07) is 5.06. The molecular weight excluding hydrogens is 283 g/mol. The molecule has 1 aromatic rings. The van der Waals surface area contributed by atoms with E-state index in [0.29, 0.717) is 17.8 Å². The van der Waals surface area contributed by atoms with Crippen LogP contribution >= 0.6 is 0 Å². The molecule has 4 nitrogen and oxygen atoms in total. The lowest BCUT2D eigenvalue weighted by molar-refractivity contribution is -0.137. The van der Waals surface area contributed by atoms with Crippen molar-refractivity contribution in [3.63, 3.8) is 0 Å². The van der Waals surface area contributed by atoms with Crippen LogP contribution in [0.25, 0.3) is 6.08 Å². The number of hydrogen-bond acceptors (Lipinski definition) is 3. The van der Waals surface area contributed by atoms with Crippen LogP contribution in [0.2, 0.25) is 0 Å². The number of nitrogens with zero attached hydrogens (tertiary/aromatic N) is 1. The zero-order chi connectivity index (χ0) is 15.3. The number of amides is 1. The average Bonchev–Trinajstić information content (AvgIpc) is 2.88. The Bertz CT molecular complexity index is 678. The molecule has 7 heteroatoms. The monoisotopic (exact) mass is 295 g/mol. The molecule has 1 unspecified atom stereocenters. The molecule has 0 spiro atoms. The van der Waals surface area contributed by atoms with Crippen molar-refractivity contribution in [2.24, 2.45) is 4.99 Å². The molecule has 21 heavy (non-hydrogen) atoms. The van der Waals surface area contributed by atoms with E-state index in [4.69, 9.17) is 0 Å². The van der Waals surface area contributed by atoms with Gasteiger partial charge in [0.05, 0.1) is 12.1 Å². The first-order valence-electron chi connectivity index (χ1n) is 6.31. The summed E-state index contributed by atoms with van der Waals surface area (Å²) in [5.74, 6) is -0.301. The van der Waals surface area contributed by atoms with E-state index in [0.717, 1.165) is 17.7 Å². The second-order valence-corrected chi connectivity index (χ2v) is 5.16. The van der Waals surface area contributed by atoms with Gasteiger partial charge < -0.3 is 0 Å². The lowest BCUT2D eigenvalue weighted by atomic mass is 9.89. The molecule has 0 bridgehead atoms. The number of carbonyl (C=O) groups is 1. The van der Waals surface area contributed by atoms with Crippen LogP contribution in [-0.2, 0) is 11.0 Å². The molecule has 2 aliphatic rings. The molecule has 3 rings (SSSR count). The zero-order valence-corrected chi connectivity index (χ0v) is 11.1. The molecule has 1 fully saturated rings. The summed E-state index contributed by atoms with van der Waals surface area (Å²) in [4.78, 5) is 15.7. The maximum atomic E-state index is 12.7. The number of rotatable bonds is 1. The molecule has 2 heterocycles. The van der Waals surface area contributed by atoms with Crippen molar-refractivity contribution >= 4 is 17.7 Å². The fraction of sp³-hybridized carbons (Fsp3) is 0.286. The van der Waals surface area contributed by atoms with Crippen molar-refractivity contribution in [1.29, 1.82) is 0 Å². The van der Waals surface area contributed by atoms with Gasteiger partial charge in [-0.1, -0.05) is 18.2 Å². The van der Waals surface area contributed by atoms with Crippen LogP contribution < -0.4 is 10.9 Å². The number of carbonyl (C=O) groups excluding carboxylic acids is 1. The molecule has 1 atom stereocenters. The van der Waals surface area contributed by atoms with E-state index >= 15 is 0 Å². The van der Waals surface area contributed by atoms with E-state index in [2.05, 4.69) is 15.8 Å². The summed E-state index contributed by atoms with van der Waals surface area (Å²) in [7, 11) is 0. The van der Waals surface area contributed by atoms with Crippen molar-refractivity contribution in [2.75, 3.05) is 6.54 Å². The standard InChI is InChI=1S/C14H12F3N3O/c1-13-10(7-18-11(13)12(21)19-20-13)6-8-3-2-4-9(5-8)14(15,16)17/h2-6,20H,7H2,1H3,(H,19,21)/b10-6+. The number of hydrazine groups is 1. The lowest BCUT2D eigenvalue weighted by Gasteiger charge is -2.20. The third kappa shape index (κ3) is 2.23. The minimum Gasteiger partial charge on any atom is -0.285 e. The van der Waals surface area contributed by atoms with Crippen LogP contribution in [0.5, 0.6) is 0 Å². The van der Waals surface area contributed by atoms with Crippen LogP contribution in [0.15, 0.2) is 34.8 Å². The van der Waals surface area contributed by atoms with Gasteiger partial charge >= 0.3 is 6.18 Å². The number of aliphatic imine (C=N–C) groups is 1. The molecule has 2 N–H and O–H groups in total. The van der Waals surface area contributed by atoms with Crippen molar-refractivity contribution < 1.29 is 18.0 Å². The average molecular weight is 295 g/mol. The van der Waals surface area contributed by atoms with Gasteiger partial charge in [-0.15, -0.1) is 0 Å². The predicted molar refractivity (Wildman–Crippen MR) is 71.4 cm³/mol. The van der Waals surface area contributed by atoms with E-state index in [9.17, 15) is 18.0 Å². The second kappa shape index (κ2) is 4.42. The molecule has 0 aromatic heterocycles. The van der Waals surface area contributed by atoms with Gasteiger partial charge in [0.15, 0.2) is 0 Å². The summed E-state index contributed by atoms with van der Waals surface area (Å²) in [5, 5.41) is 0. The largest absolute Gasteiger partial charge is 0.416 e. The first kappa shape index (κ1) is 13.8. The topological polar surface area (TPSA) is 53.5 Å². The zero-order valence-electron chi connectivity index (χ0n) is 11.1. The van der Waals surface area contributed by atoms with Gasteiger partial charge in [0.2, 0.25) is 0 Å². The summed E-state index contributed by atoms with van der Waals surface area (Å²) in [6.07, 6.45) is -2.74. The molecule has 110 valence electrons. The summed E-state index contributed by atoms with van der Waals surface area (Å²) < 4.78 is 38.1. The van der Waals surface area contributed by atoms with Crippen LogP contribution in [0.3, 0.4) is 0 Å². The Morgan fingerprint density at radius 3 is 2.86 bits per heavy atom. The third-order valence-corrected chi connectivity index (χ3v) is 3.72. The summed E-state index contributed by atoms with van der Waals surface area (Å²) in [6.45, 7) is 2.07. The van der Waals surface area contributed by atoms with Gasteiger partial charge in [0, 0.05) is 0 Å². The molecule has 2 aliphatic heterocycles. The van der Waals surface area contributed by atoms with E-state index in [-0.39, 0.29) is 5.91 Å². The number of hydrogen-bond donors (Lipinski definition) is 2. The van der Waals surface area contributed by atoms with Crippen LogP contribution in [-0.4, -0.2) is 23.7 Å². The van der Waals surface area contributed by atoms with Gasteiger partial charge in [-0.3, -0.25) is 15.2 Å². The minimum absolute atomic E-state index is 0.294. The minimum atomic E-state index is -4.38. The number of fused-ring (bicyclic) bond motifs is 1.